The number of carbonyl (C=O) groups is 1. The van der Waals surface area contributed by atoms with Crippen LogP contribution in [-0.4, -0.2) is 20.9 Å². The Labute approximate surface area is 155 Å². The van der Waals surface area contributed by atoms with Crippen LogP contribution in [0.2, 0.25) is 0 Å². The molecule has 0 spiro atoms. The third kappa shape index (κ3) is 2.90. The number of fused-ring (bicyclic) bond motifs is 3. The van der Waals surface area contributed by atoms with Crippen molar-refractivity contribution in [3.8, 4) is 0 Å². The first-order valence-corrected chi connectivity index (χ1v) is 9.95. The van der Waals surface area contributed by atoms with E-state index in [0.29, 0.717) is 30.8 Å². The number of nitrogens with zero attached hydrogens (tertiary/aromatic N) is 1. The predicted molar refractivity (Wildman–Crippen MR) is 95.4 cm³/mol. The second kappa shape index (κ2) is 6.45. The Bertz CT molecular complexity index is 1080. The number of hydrogen-bond donors (Lipinski definition) is 1. The monoisotopic (exact) mass is 390 g/mol. The molecule has 2 heterocycles. The van der Waals surface area contributed by atoms with Crippen LogP contribution in [0.15, 0.2) is 58.0 Å². The van der Waals surface area contributed by atoms with E-state index in [1.165, 1.54) is 30.3 Å². The Morgan fingerprint density at radius 3 is 2.70 bits per heavy atom. The Balaban J connectivity index is 1.73. The summed E-state index contributed by atoms with van der Waals surface area (Å²) in [7, 11) is -4.18. The standard InChI is InChI=1S/C19H16F2N2O3S/c20-13-7-8-15-17(10-13)27(25,26)18(16-6-3-9-23(15)16)19(24)22-11-12-4-1-2-5-14(12)21/h1-2,4-5,7-8,10H,3,6,9,11H2,(H,22,24). The summed E-state index contributed by atoms with van der Waals surface area (Å²) in [6.45, 7) is 0.404. The molecule has 2 aromatic carbocycles. The van der Waals surface area contributed by atoms with Crippen molar-refractivity contribution >= 4 is 21.4 Å². The first-order valence-electron chi connectivity index (χ1n) is 8.46. The lowest BCUT2D eigenvalue weighted by molar-refractivity contribution is -0.117. The molecule has 2 aliphatic heterocycles. The second-order valence-corrected chi connectivity index (χ2v) is 8.28. The van der Waals surface area contributed by atoms with Crippen molar-refractivity contribution in [2.75, 3.05) is 11.4 Å². The molecule has 140 valence electrons. The Morgan fingerprint density at radius 2 is 1.93 bits per heavy atom. The SMILES string of the molecule is O=C(NCc1ccccc1F)C1=C2CCCN2c2ccc(F)cc2S1(=O)=O. The van der Waals surface area contributed by atoms with Crippen molar-refractivity contribution in [1.82, 2.24) is 5.32 Å². The normalized spacial score (nSPS) is 17.5. The van der Waals surface area contributed by atoms with Crippen molar-refractivity contribution in [2.24, 2.45) is 0 Å². The van der Waals surface area contributed by atoms with E-state index >= 15 is 0 Å². The minimum atomic E-state index is -4.18. The number of nitrogens with one attached hydrogen (secondary N) is 1. The van der Waals surface area contributed by atoms with E-state index in [1.54, 1.807) is 11.0 Å². The van der Waals surface area contributed by atoms with Crippen molar-refractivity contribution in [1.29, 1.82) is 0 Å². The van der Waals surface area contributed by atoms with Crippen molar-refractivity contribution in [3.63, 3.8) is 0 Å². The highest BCUT2D eigenvalue weighted by molar-refractivity contribution is 7.96. The van der Waals surface area contributed by atoms with Crippen LogP contribution < -0.4 is 10.2 Å². The molecule has 0 unspecified atom stereocenters. The largest absolute Gasteiger partial charge is 0.347 e. The zero-order valence-electron chi connectivity index (χ0n) is 14.2. The zero-order valence-corrected chi connectivity index (χ0v) is 15.0. The summed E-state index contributed by atoms with van der Waals surface area (Å²) in [5.74, 6) is -1.99. The lowest BCUT2D eigenvalue weighted by Crippen LogP contribution is -2.35. The van der Waals surface area contributed by atoms with Gasteiger partial charge in [-0.05, 0) is 37.1 Å². The summed E-state index contributed by atoms with van der Waals surface area (Å²) in [5, 5.41) is 2.49. The van der Waals surface area contributed by atoms with Crippen LogP contribution in [-0.2, 0) is 21.2 Å². The summed E-state index contributed by atoms with van der Waals surface area (Å²) in [5.41, 5.74) is 1.04. The molecule has 0 aromatic heterocycles. The number of carbonyl (C=O) groups excluding carboxylic acids is 1. The van der Waals surface area contributed by atoms with Crippen LogP contribution in [0.5, 0.6) is 0 Å². The van der Waals surface area contributed by atoms with Crippen LogP contribution >= 0.6 is 0 Å². The lowest BCUT2D eigenvalue weighted by Gasteiger charge is -2.30. The van der Waals surface area contributed by atoms with Gasteiger partial charge in [0.15, 0.2) is 4.91 Å². The molecule has 2 aromatic rings. The van der Waals surface area contributed by atoms with Gasteiger partial charge in [-0.1, -0.05) is 18.2 Å². The second-order valence-electron chi connectivity index (χ2n) is 6.42. The quantitative estimate of drug-likeness (QED) is 0.875. The van der Waals surface area contributed by atoms with Crippen LogP contribution in [0.25, 0.3) is 0 Å². The van der Waals surface area contributed by atoms with E-state index in [1.807, 2.05) is 0 Å². The number of sulfone groups is 1. The van der Waals surface area contributed by atoms with Gasteiger partial charge in [-0.15, -0.1) is 0 Å². The molecule has 0 aliphatic carbocycles. The Morgan fingerprint density at radius 1 is 1.15 bits per heavy atom. The maximum Gasteiger partial charge on any atom is 0.265 e. The van der Waals surface area contributed by atoms with Gasteiger partial charge in [0, 0.05) is 24.4 Å². The molecule has 8 heteroatoms. The molecule has 4 rings (SSSR count). The molecule has 0 bridgehead atoms. The van der Waals surface area contributed by atoms with E-state index in [-0.39, 0.29) is 21.9 Å². The number of rotatable bonds is 3. The highest BCUT2D eigenvalue weighted by Crippen LogP contribution is 2.43. The Kier molecular flexibility index (Phi) is 4.22. The maximum absolute atomic E-state index is 13.8. The number of hydrogen-bond acceptors (Lipinski definition) is 4. The van der Waals surface area contributed by atoms with E-state index in [9.17, 15) is 22.0 Å². The molecule has 1 amide bonds. The van der Waals surface area contributed by atoms with Crippen LogP contribution in [0, 0.1) is 11.6 Å². The smallest absolute Gasteiger partial charge is 0.265 e. The van der Waals surface area contributed by atoms with E-state index < -0.39 is 27.4 Å². The van der Waals surface area contributed by atoms with Crippen LogP contribution in [0.3, 0.4) is 0 Å². The summed E-state index contributed by atoms with van der Waals surface area (Å²) in [6, 6.07) is 9.48. The molecule has 1 fully saturated rings. The number of allylic oxidation sites excluding steroid dienone is 1. The average molecular weight is 390 g/mol. The molecule has 2 aliphatic rings. The van der Waals surface area contributed by atoms with Crippen molar-refractivity contribution in [2.45, 2.75) is 24.3 Å². The average Bonchev–Trinajstić information content (AvgIpc) is 3.10. The van der Waals surface area contributed by atoms with Gasteiger partial charge in [-0.3, -0.25) is 4.79 Å². The summed E-state index contributed by atoms with van der Waals surface area (Å²) >= 11 is 0. The first kappa shape index (κ1) is 17.7. The summed E-state index contributed by atoms with van der Waals surface area (Å²) in [6.07, 6.45) is 1.12. The van der Waals surface area contributed by atoms with Gasteiger partial charge in [0.05, 0.1) is 10.6 Å². The number of amides is 1. The predicted octanol–water partition coefficient (Wildman–Crippen LogP) is 2.88. The van der Waals surface area contributed by atoms with Gasteiger partial charge in [-0.25, -0.2) is 17.2 Å². The number of benzene rings is 2. The molecular formula is C19H16F2N2O3S. The lowest BCUT2D eigenvalue weighted by atomic mass is 10.2. The zero-order chi connectivity index (χ0) is 19.2. The molecule has 1 N–H and O–H groups in total. The highest BCUT2D eigenvalue weighted by atomic mass is 32.2. The molecule has 0 saturated carbocycles. The fourth-order valence-electron chi connectivity index (χ4n) is 3.52. The van der Waals surface area contributed by atoms with Gasteiger partial charge in [0.2, 0.25) is 9.84 Å². The summed E-state index contributed by atoms with van der Waals surface area (Å²) in [4.78, 5) is 13.9. The number of halogens is 2. The Hall–Kier alpha value is -2.74. The van der Waals surface area contributed by atoms with E-state index in [4.69, 9.17) is 0 Å². The molecular weight excluding hydrogens is 374 g/mol. The minimum absolute atomic E-state index is 0.145. The van der Waals surface area contributed by atoms with Gasteiger partial charge < -0.3 is 10.2 Å². The van der Waals surface area contributed by atoms with Gasteiger partial charge in [0.1, 0.15) is 11.6 Å². The van der Waals surface area contributed by atoms with Gasteiger partial charge >= 0.3 is 0 Å². The number of anilines is 1. The maximum atomic E-state index is 13.8. The van der Waals surface area contributed by atoms with Crippen molar-refractivity contribution in [3.05, 3.63) is 70.3 Å². The minimum Gasteiger partial charge on any atom is -0.347 e. The van der Waals surface area contributed by atoms with Crippen LogP contribution in [0.4, 0.5) is 14.5 Å². The van der Waals surface area contributed by atoms with Crippen molar-refractivity contribution < 1.29 is 22.0 Å². The molecule has 0 radical (unpaired) electrons. The summed E-state index contributed by atoms with van der Waals surface area (Å²) < 4.78 is 53.5. The molecule has 1 saturated heterocycles. The highest BCUT2D eigenvalue weighted by Gasteiger charge is 2.41. The topological polar surface area (TPSA) is 66.5 Å². The van der Waals surface area contributed by atoms with E-state index in [0.717, 1.165) is 6.07 Å². The fraction of sp³-hybridized carbons (Fsp3) is 0.211. The molecule has 0 atom stereocenters. The molecule has 27 heavy (non-hydrogen) atoms. The fourth-order valence-corrected chi connectivity index (χ4v) is 5.30. The van der Waals surface area contributed by atoms with Gasteiger partial charge in [-0.2, -0.15) is 0 Å². The van der Waals surface area contributed by atoms with E-state index in [2.05, 4.69) is 5.32 Å². The first-order chi connectivity index (χ1) is 12.9. The van der Waals surface area contributed by atoms with Crippen LogP contribution in [0.1, 0.15) is 18.4 Å². The molecule has 5 nitrogen and oxygen atoms in total. The third-order valence-corrected chi connectivity index (χ3v) is 6.62. The third-order valence-electron chi connectivity index (χ3n) is 4.76. The van der Waals surface area contributed by atoms with Gasteiger partial charge in [0.25, 0.3) is 5.91 Å².